The molecule has 1 aliphatic carbocycles. The number of carbonyl (C=O) groups excluding carboxylic acids is 1. The van der Waals surface area contributed by atoms with Crippen LogP contribution in [0.25, 0.3) is 0 Å². The molecule has 1 aromatic rings. The molecule has 0 radical (unpaired) electrons. The van der Waals surface area contributed by atoms with Crippen molar-refractivity contribution < 1.29 is 9.90 Å². The van der Waals surface area contributed by atoms with E-state index < -0.39 is 0 Å². The smallest absolute Gasteiger partial charge is 0.273 e. The lowest BCUT2D eigenvalue weighted by molar-refractivity contribution is 0.0946. The number of carbonyl (C=O) groups is 1. The van der Waals surface area contributed by atoms with E-state index in [1.165, 1.54) is 25.7 Å². The number of hydrogen-bond donors (Lipinski definition) is 2. The fourth-order valence-electron chi connectivity index (χ4n) is 4.83. The van der Waals surface area contributed by atoms with Gasteiger partial charge in [-0.2, -0.15) is 0 Å². The van der Waals surface area contributed by atoms with Crippen molar-refractivity contribution in [2.75, 3.05) is 32.8 Å². The normalized spacial score (nSPS) is 20.8. The van der Waals surface area contributed by atoms with Crippen LogP contribution in [0.4, 0.5) is 0 Å². The Morgan fingerprint density at radius 1 is 1.34 bits per heavy atom. The van der Waals surface area contributed by atoms with Gasteiger partial charge >= 0.3 is 0 Å². The number of rotatable bonds is 8. The van der Waals surface area contributed by atoms with E-state index in [2.05, 4.69) is 41.3 Å². The minimum atomic E-state index is -0.221. The maximum Gasteiger partial charge on any atom is 0.273 e. The van der Waals surface area contributed by atoms with Crippen LogP contribution in [-0.4, -0.2) is 63.7 Å². The summed E-state index contributed by atoms with van der Waals surface area (Å²) in [6, 6.07) is 0.310. The summed E-state index contributed by atoms with van der Waals surface area (Å²) < 4.78 is 1.86. The number of aliphatic hydroxyl groups is 1. The minimum Gasteiger partial charge on any atom is -0.396 e. The fraction of sp³-hybridized carbons (Fsp3) is 0.773. The lowest BCUT2D eigenvalue weighted by atomic mass is 9.71. The number of likely N-dealkylation sites (tertiary alicyclic amines) is 1. The van der Waals surface area contributed by atoms with Gasteiger partial charge in [0.15, 0.2) is 5.69 Å². The summed E-state index contributed by atoms with van der Waals surface area (Å²) in [7, 11) is 0. The Hall–Kier alpha value is -1.73. The van der Waals surface area contributed by atoms with E-state index in [0.717, 1.165) is 32.5 Å². The molecule has 3 rings (SSSR count). The molecule has 1 aromatic heterocycles. The third-order valence-electron chi connectivity index (χ3n) is 6.66. The van der Waals surface area contributed by atoms with Crippen LogP contribution in [0.1, 0.15) is 82.2 Å². The lowest BCUT2D eigenvalue weighted by Crippen LogP contribution is -2.36. The monoisotopic (exact) mass is 403 g/mol. The molecule has 7 heteroatoms. The zero-order valence-corrected chi connectivity index (χ0v) is 18.3. The molecule has 1 fully saturated rings. The second kappa shape index (κ2) is 9.85. The predicted molar refractivity (Wildman–Crippen MR) is 114 cm³/mol. The molecule has 0 atom stereocenters. The van der Waals surface area contributed by atoms with Gasteiger partial charge in [-0.3, -0.25) is 4.79 Å². The molecule has 1 saturated heterocycles. The van der Waals surface area contributed by atoms with E-state index in [1.807, 2.05) is 4.68 Å². The van der Waals surface area contributed by atoms with E-state index >= 15 is 0 Å². The number of piperidine rings is 1. The van der Waals surface area contributed by atoms with Gasteiger partial charge in [-0.15, -0.1) is 5.10 Å². The van der Waals surface area contributed by atoms with E-state index in [4.69, 9.17) is 5.11 Å². The molecule has 29 heavy (non-hydrogen) atoms. The molecule has 0 aromatic carbocycles. The summed E-state index contributed by atoms with van der Waals surface area (Å²) in [5.41, 5.74) is 4.00. The van der Waals surface area contributed by atoms with Crippen molar-refractivity contribution >= 4 is 5.91 Å². The first-order chi connectivity index (χ1) is 13.9. The summed E-state index contributed by atoms with van der Waals surface area (Å²) in [4.78, 5) is 14.6. The van der Waals surface area contributed by atoms with E-state index in [-0.39, 0.29) is 12.5 Å². The van der Waals surface area contributed by atoms with Crippen molar-refractivity contribution in [1.29, 1.82) is 0 Å². The van der Waals surface area contributed by atoms with Crippen LogP contribution < -0.4 is 5.32 Å². The maximum atomic E-state index is 12.1. The molecule has 2 heterocycles. The molecule has 0 unspecified atom stereocenters. The number of amides is 1. The Bertz CT molecular complexity index is 717. The van der Waals surface area contributed by atoms with Crippen molar-refractivity contribution in [1.82, 2.24) is 25.2 Å². The van der Waals surface area contributed by atoms with Gasteiger partial charge in [-0.25, -0.2) is 4.68 Å². The molecule has 162 valence electrons. The zero-order valence-electron chi connectivity index (χ0n) is 18.3. The summed E-state index contributed by atoms with van der Waals surface area (Å²) in [5.74, 6) is -0.221. The number of aliphatic hydroxyl groups excluding tert-OH is 1. The molecule has 2 aliphatic rings. The van der Waals surface area contributed by atoms with Gasteiger partial charge in [0, 0.05) is 32.8 Å². The topological polar surface area (TPSA) is 83.3 Å². The van der Waals surface area contributed by atoms with Crippen LogP contribution in [0.2, 0.25) is 0 Å². The average Bonchev–Trinajstić information content (AvgIpc) is 3.18. The van der Waals surface area contributed by atoms with Crippen LogP contribution >= 0.6 is 0 Å². The van der Waals surface area contributed by atoms with Crippen molar-refractivity contribution in [2.45, 2.75) is 71.8 Å². The van der Waals surface area contributed by atoms with Gasteiger partial charge < -0.3 is 15.3 Å². The zero-order chi connectivity index (χ0) is 20.9. The molecular weight excluding hydrogens is 366 g/mol. The molecular formula is C22H37N5O2. The third-order valence-corrected chi connectivity index (χ3v) is 6.66. The van der Waals surface area contributed by atoms with Gasteiger partial charge in [0.1, 0.15) is 0 Å². The first kappa shape index (κ1) is 22.0. The van der Waals surface area contributed by atoms with Gasteiger partial charge in [-0.1, -0.05) is 30.2 Å². The first-order valence-electron chi connectivity index (χ1n) is 11.1. The predicted octanol–water partition coefficient (Wildman–Crippen LogP) is 2.94. The summed E-state index contributed by atoms with van der Waals surface area (Å²) in [6.07, 6.45) is 9.47. The Labute approximate surface area is 174 Å². The van der Waals surface area contributed by atoms with Crippen LogP contribution in [0.5, 0.6) is 0 Å². The van der Waals surface area contributed by atoms with E-state index in [0.29, 0.717) is 30.1 Å². The van der Waals surface area contributed by atoms with E-state index in [1.54, 1.807) is 17.3 Å². The average molecular weight is 404 g/mol. The van der Waals surface area contributed by atoms with Crippen LogP contribution in [0.15, 0.2) is 17.3 Å². The van der Waals surface area contributed by atoms with Crippen LogP contribution in [0.3, 0.4) is 0 Å². The molecule has 0 saturated carbocycles. The fourth-order valence-corrected chi connectivity index (χ4v) is 4.83. The molecule has 7 nitrogen and oxygen atoms in total. The van der Waals surface area contributed by atoms with Crippen molar-refractivity contribution in [3.8, 4) is 0 Å². The summed E-state index contributed by atoms with van der Waals surface area (Å²) in [6.45, 7) is 10.9. The van der Waals surface area contributed by atoms with Gasteiger partial charge in [-0.05, 0) is 57.3 Å². The van der Waals surface area contributed by atoms with Crippen molar-refractivity contribution in [3.63, 3.8) is 0 Å². The first-order valence-corrected chi connectivity index (χ1v) is 11.1. The molecule has 2 N–H and O–H groups in total. The summed E-state index contributed by atoms with van der Waals surface area (Å²) in [5, 5.41) is 19.8. The van der Waals surface area contributed by atoms with Crippen molar-refractivity contribution in [3.05, 3.63) is 23.0 Å². The SMILES string of the molecule is CC1=C(CCN2CCC(n3cc(C(=O)NCCCO)nn3)CC2)C(C)(C)CCC1. The number of allylic oxidation sites excluding steroid dienone is 1. The quantitative estimate of drug-likeness (QED) is 0.515. The number of hydrogen-bond acceptors (Lipinski definition) is 5. The summed E-state index contributed by atoms with van der Waals surface area (Å²) >= 11 is 0. The van der Waals surface area contributed by atoms with E-state index in [9.17, 15) is 4.79 Å². The van der Waals surface area contributed by atoms with Crippen LogP contribution in [-0.2, 0) is 0 Å². The van der Waals surface area contributed by atoms with Gasteiger partial charge in [0.05, 0.1) is 12.2 Å². The highest BCUT2D eigenvalue weighted by Gasteiger charge is 2.29. The van der Waals surface area contributed by atoms with Crippen LogP contribution in [0, 0.1) is 5.41 Å². The number of nitrogens with one attached hydrogen (secondary N) is 1. The highest BCUT2D eigenvalue weighted by molar-refractivity contribution is 5.91. The Morgan fingerprint density at radius 2 is 2.10 bits per heavy atom. The van der Waals surface area contributed by atoms with Crippen molar-refractivity contribution in [2.24, 2.45) is 5.41 Å². The third kappa shape index (κ3) is 5.66. The number of aromatic nitrogens is 3. The maximum absolute atomic E-state index is 12.1. The Kier molecular flexibility index (Phi) is 7.46. The standard InChI is InChI=1S/C22H37N5O2/c1-17-6-4-10-22(2,3)19(17)9-14-26-12-7-18(8-13-26)27-16-20(24-25-27)21(29)23-11-5-15-28/h16,18,28H,4-15H2,1-3H3,(H,23,29). The largest absolute Gasteiger partial charge is 0.396 e. The Morgan fingerprint density at radius 3 is 2.79 bits per heavy atom. The second-order valence-corrected chi connectivity index (χ2v) is 9.24. The number of nitrogens with zero attached hydrogens (tertiary/aromatic N) is 4. The lowest BCUT2D eigenvalue weighted by Gasteiger charge is -2.37. The molecule has 0 spiro atoms. The molecule has 1 aliphatic heterocycles. The highest BCUT2D eigenvalue weighted by Crippen LogP contribution is 2.41. The van der Waals surface area contributed by atoms with Gasteiger partial charge in [0.25, 0.3) is 5.91 Å². The molecule has 1 amide bonds. The van der Waals surface area contributed by atoms with Gasteiger partial charge in [0.2, 0.25) is 0 Å². The highest BCUT2D eigenvalue weighted by atomic mass is 16.3. The molecule has 0 bridgehead atoms. The minimum absolute atomic E-state index is 0.0693. The Balaban J connectivity index is 1.47. The second-order valence-electron chi connectivity index (χ2n) is 9.24.